The van der Waals surface area contributed by atoms with Crippen molar-refractivity contribution >= 4 is 33.5 Å². The standard InChI is InChI=1S/C22H17N3O4S/c1-13-6-8-15(9-7-13)25-20(17-11-30(28)12-18(17)24-25)23-21(26)16-10-14-4-2-3-5-19(14)29-22(16)27/h2-10H,11-12H2,1H3,(H,23,26)/t30-/m0/s1. The maximum Gasteiger partial charge on any atom is 0.349 e. The number of nitrogens with zero attached hydrogens (tertiary/aromatic N) is 2. The molecule has 4 aromatic rings. The quantitative estimate of drug-likeness (QED) is 0.514. The molecule has 3 heterocycles. The fraction of sp³-hybridized carbons (Fsp3) is 0.136. The zero-order valence-corrected chi connectivity index (χ0v) is 16.9. The number of rotatable bonds is 3. The minimum absolute atomic E-state index is 0.0989. The van der Waals surface area contributed by atoms with Crippen LogP contribution >= 0.6 is 0 Å². The van der Waals surface area contributed by atoms with Gasteiger partial charge in [0.05, 0.1) is 22.9 Å². The number of carbonyl (C=O) groups is 1. The van der Waals surface area contributed by atoms with E-state index in [2.05, 4.69) is 10.4 Å². The molecule has 1 aliphatic heterocycles. The van der Waals surface area contributed by atoms with Crippen LogP contribution in [0.2, 0.25) is 0 Å². The van der Waals surface area contributed by atoms with E-state index in [1.807, 2.05) is 31.2 Å². The van der Waals surface area contributed by atoms with Crippen LogP contribution in [0, 0.1) is 6.92 Å². The number of carbonyl (C=O) groups excluding carboxylic acids is 1. The van der Waals surface area contributed by atoms with Gasteiger partial charge in [0.25, 0.3) is 5.91 Å². The second-order valence-corrected chi connectivity index (χ2v) is 8.65. The number of para-hydroxylation sites is 1. The molecule has 2 aromatic heterocycles. The Morgan fingerprint density at radius 2 is 1.90 bits per heavy atom. The van der Waals surface area contributed by atoms with Crippen molar-refractivity contribution in [1.82, 2.24) is 9.78 Å². The van der Waals surface area contributed by atoms with E-state index in [1.54, 1.807) is 28.9 Å². The summed E-state index contributed by atoms with van der Waals surface area (Å²) in [7, 11) is -1.06. The molecule has 1 aliphatic rings. The number of aromatic nitrogens is 2. The molecule has 0 saturated carbocycles. The minimum atomic E-state index is -1.06. The second-order valence-electron chi connectivity index (χ2n) is 7.19. The summed E-state index contributed by atoms with van der Waals surface area (Å²) < 4.78 is 19.0. The summed E-state index contributed by atoms with van der Waals surface area (Å²) in [4.78, 5) is 25.4. The van der Waals surface area contributed by atoms with Crippen molar-refractivity contribution in [3.05, 3.63) is 87.4 Å². The Hall–Kier alpha value is -3.52. The van der Waals surface area contributed by atoms with Crippen molar-refractivity contribution in [2.45, 2.75) is 18.4 Å². The highest BCUT2D eigenvalue weighted by molar-refractivity contribution is 7.83. The van der Waals surface area contributed by atoms with Gasteiger partial charge in [-0.3, -0.25) is 9.00 Å². The lowest BCUT2D eigenvalue weighted by atomic mass is 10.1. The van der Waals surface area contributed by atoms with E-state index < -0.39 is 22.3 Å². The molecule has 0 saturated heterocycles. The van der Waals surface area contributed by atoms with E-state index in [9.17, 15) is 13.8 Å². The average Bonchev–Trinajstić information content (AvgIpc) is 3.25. The summed E-state index contributed by atoms with van der Waals surface area (Å²) in [5.41, 5.74) is 2.88. The van der Waals surface area contributed by atoms with Crippen LogP contribution in [0.1, 0.15) is 27.2 Å². The molecule has 0 fully saturated rings. The lowest BCUT2D eigenvalue weighted by molar-refractivity contribution is 0.102. The average molecular weight is 419 g/mol. The molecule has 1 atom stereocenters. The van der Waals surface area contributed by atoms with Gasteiger partial charge in [-0.05, 0) is 31.2 Å². The number of benzene rings is 2. The molecule has 5 rings (SSSR count). The van der Waals surface area contributed by atoms with Gasteiger partial charge in [-0.2, -0.15) is 5.10 Å². The first-order chi connectivity index (χ1) is 14.5. The van der Waals surface area contributed by atoms with Crippen LogP contribution in [0.3, 0.4) is 0 Å². The van der Waals surface area contributed by atoms with E-state index >= 15 is 0 Å². The molecule has 1 N–H and O–H groups in total. The van der Waals surface area contributed by atoms with Crippen molar-refractivity contribution in [2.75, 3.05) is 5.32 Å². The predicted molar refractivity (Wildman–Crippen MR) is 114 cm³/mol. The van der Waals surface area contributed by atoms with Gasteiger partial charge >= 0.3 is 5.63 Å². The maximum atomic E-state index is 13.0. The lowest BCUT2D eigenvalue weighted by Gasteiger charge is -2.11. The molecule has 150 valence electrons. The fourth-order valence-corrected chi connectivity index (χ4v) is 4.79. The lowest BCUT2D eigenvalue weighted by Crippen LogP contribution is -2.22. The van der Waals surface area contributed by atoms with Crippen molar-refractivity contribution in [3.8, 4) is 5.69 Å². The summed E-state index contributed by atoms with van der Waals surface area (Å²) >= 11 is 0. The van der Waals surface area contributed by atoms with Gasteiger partial charge in [0.15, 0.2) is 0 Å². The third kappa shape index (κ3) is 3.15. The number of nitrogens with one attached hydrogen (secondary N) is 1. The van der Waals surface area contributed by atoms with E-state index in [0.717, 1.165) is 16.8 Å². The summed E-state index contributed by atoms with van der Waals surface area (Å²) in [5.74, 6) is 0.485. The summed E-state index contributed by atoms with van der Waals surface area (Å²) in [5, 5.41) is 8.03. The number of hydrogen-bond acceptors (Lipinski definition) is 5. The highest BCUT2D eigenvalue weighted by Gasteiger charge is 2.29. The Balaban J connectivity index is 1.58. The van der Waals surface area contributed by atoms with Crippen LogP contribution in [0.5, 0.6) is 0 Å². The van der Waals surface area contributed by atoms with Crippen molar-refractivity contribution in [3.63, 3.8) is 0 Å². The fourth-order valence-electron chi connectivity index (χ4n) is 3.52. The molecule has 0 bridgehead atoms. The molecule has 8 heteroatoms. The molecular formula is C22H17N3O4S. The van der Waals surface area contributed by atoms with Gasteiger partial charge in [0.1, 0.15) is 17.0 Å². The van der Waals surface area contributed by atoms with Crippen molar-refractivity contribution in [2.24, 2.45) is 0 Å². The smallest absolute Gasteiger partial charge is 0.349 e. The first-order valence-electron chi connectivity index (χ1n) is 9.36. The largest absolute Gasteiger partial charge is 0.422 e. The topological polar surface area (TPSA) is 94.2 Å². The van der Waals surface area contributed by atoms with E-state index in [1.165, 1.54) is 6.07 Å². The van der Waals surface area contributed by atoms with Gasteiger partial charge in [0, 0.05) is 21.7 Å². The third-order valence-electron chi connectivity index (χ3n) is 5.07. The number of hydrogen-bond donors (Lipinski definition) is 1. The highest BCUT2D eigenvalue weighted by Crippen LogP contribution is 2.31. The normalized spacial score (nSPS) is 15.3. The first kappa shape index (κ1) is 18.5. The third-order valence-corrected chi connectivity index (χ3v) is 6.27. The Morgan fingerprint density at radius 3 is 2.70 bits per heavy atom. The van der Waals surface area contributed by atoms with Crippen LogP contribution in [-0.4, -0.2) is 19.9 Å². The van der Waals surface area contributed by atoms with E-state index in [4.69, 9.17) is 4.42 Å². The van der Waals surface area contributed by atoms with Crippen LogP contribution in [-0.2, 0) is 22.3 Å². The van der Waals surface area contributed by atoms with E-state index in [0.29, 0.717) is 34.0 Å². The summed E-state index contributed by atoms with van der Waals surface area (Å²) in [6, 6.07) is 16.2. The second kappa shape index (κ2) is 7.07. The Morgan fingerprint density at radius 1 is 1.13 bits per heavy atom. The Labute approximate surface area is 173 Å². The monoisotopic (exact) mass is 419 g/mol. The molecule has 0 spiro atoms. The van der Waals surface area contributed by atoms with Gasteiger partial charge in [-0.15, -0.1) is 0 Å². The summed E-state index contributed by atoms with van der Waals surface area (Å²) in [6.07, 6.45) is 0. The Bertz CT molecular complexity index is 1390. The predicted octanol–water partition coefficient (Wildman–Crippen LogP) is 3.30. The van der Waals surface area contributed by atoms with Crippen molar-refractivity contribution < 1.29 is 13.4 Å². The first-order valence-corrected chi connectivity index (χ1v) is 10.9. The van der Waals surface area contributed by atoms with Gasteiger partial charge in [0.2, 0.25) is 0 Å². The van der Waals surface area contributed by atoms with Gasteiger partial charge < -0.3 is 9.73 Å². The number of anilines is 1. The molecule has 1 amide bonds. The minimum Gasteiger partial charge on any atom is -0.422 e. The van der Waals surface area contributed by atoms with Crippen molar-refractivity contribution in [1.29, 1.82) is 0 Å². The summed E-state index contributed by atoms with van der Waals surface area (Å²) in [6.45, 7) is 1.98. The number of aryl methyl sites for hydroxylation is 1. The Kier molecular flexibility index (Phi) is 4.36. The molecule has 2 aromatic carbocycles. The molecule has 7 nitrogen and oxygen atoms in total. The van der Waals surface area contributed by atoms with Crippen LogP contribution in [0.4, 0.5) is 5.82 Å². The molecular weight excluding hydrogens is 402 g/mol. The molecule has 0 unspecified atom stereocenters. The maximum absolute atomic E-state index is 13.0. The zero-order chi connectivity index (χ0) is 20.8. The van der Waals surface area contributed by atoms with Crippen LogP contribution in [0.15, 0.2) is 63.8 Å². The molecule has 30 heavy (non-hydrogen) atoms. The van der Waals surface area contributed by atoms with Gasteiger partial charge in [-0.25, -0.2) is 9.48 Å². The van der Waals surface area contributed by atoms with E-state index in [-0.39, 0.29) is 5.56 Å². The van der Waals surface area contributed by atoms with Crippen LogP contribution < -0.4 is 10.9 Å². The zero-order valence-electron chi connectivity index (χ0n) is 16.0. The van der Waals surface area contributed by atoms with Crippen LogP contribution in [0.25, 0.3) is 16.7 Å². The molecule has 0 radical (unpaired) electrons. The SMILES string of the molecule is Cc1ccc(-n2nc3c(c2NC(=O)c2cc4ccccc4oc2=O)C[S@](=O)C3)cc1. The number of fused-ring (bicyclic) bond motifs is 2. The highest BCUT2D eigenvalue weighted by atomic mass is 32.2. The number of amides is 1. The van der Waals surface area contributed by atoms with Gasteiger partial charge in [-0.1, -0.05) is 35.9 Å². The molecule has 0 aliphatic carbocycles.